The highest BCUT2D eigenvalue weighted by atomic mass is 16.6. The molecule has 88 valence electrons. The van der Waals surface area contributed by atoms with Crippen LogP contribution in [0.5, 0.6) is 0 Å². The van der Waals surface area contributed by atoms with Crippen LogP contribution in [-0.4, -0.2) is 31.5 Å². The fourth-order valence-corrected chi connectivity index (χ4v) is 2.60. The van der Waals surface area contributed by atoms with Gasteiger partial charge in [-0.05, 0) is 25.2 Å². The van der Waals surface area contributed by atoms with Crippen molar-refractivity contribution in [3.8, 4) is 0 Å². The molecule has 1 aliphatic heterocycles. The van der Waals surface area contributed by atoms with Crippen molar-refractivity contribution in [3.63, 3.8) is 0 Å². The first-order chi connectivity index (χ1) is 7.29. The Hall–Kier alpha value is -0.120. The van der Waals surface area contributed by atoms with E-state index in [1.54, 1.807) is 0 Å². The van der Waals surface area contributed by atoms with E-state index in [1.807, 2.05) is 0 Å². The van der Waals surface area contributed by atoms with Crippen LogP contribution < -0.4 is 5.73 Å². The van der Waals surface area contributed by atoms with Crippen LogP contribution in [0, 0.1) is 5.92 Å². The molecular weight excluding hydrogens is 190 g/mol. The molecule has 0 spiro atoms. The van der Waals surface area contributed by atoms with E-state index in [4.69, 9.17) is 15.2 Å². The molecule has 2 aliphatic rings. The molecular formula is C12H23NO2. The Labute approximate surface area is 92.3 Å². The molecule has 0 aromatic heterocycles. The summed E-state index contributed by atoms with van der Waals surface area (Å²) in [7, 11) is 0. The largest absolute Gasteiger partial charge is 0.376 e. The third-order valence-corrected chi connectivity index (χ3v) is 3.62. The van der Waals surface area contributed by atoms with Crippen LogP contribution in [0.2, 0.25) is 0 Å². The summed E-state index contributed by atoms with van der Waals surface area (Å²) in [5.74, 6) is 0.834. The molecule has 0 amide bonds. The Morgan fingerprint density at radius 1 is 1.33 bits per heavy atom. The van der Waals surface area contributed by atoms with Crippen LogP contribution in [0.1, 0.15) is 39.0 Å². The second kappa shape index (κ2) is 5.28. The van der Waals surface area contributed by atoms with E-state index in [0.717, 1.165) is 32.0 Å². The van der Waals surface area contributed by atoms with E-state index in [2.05, 4.69) is 6.92 Å². The summed E-state index contributed by atoms with van der Waals surface area (Å²) in [6.07, 6.45) is 6.78. The number of hydrogen-bond acceptors (Lipinski definition) is 3. The second-order valence-corrected chi connectivity index (χ2v) is 4.97. The van der Waals surface area contributed by atoms with Crippen LogP contribution in [0.15, 0.2) is 0 Å². The van der Waals surface area contributed by atoms with E-state index < -0.39 is 0 Å². The quantitative estimate of drug-likeness (QED) is 0.773. The molecule has 0 radical (unpaired) electrons. The van der Waals surface area contributed by atoms with Crippen molar-refractivity contribution < 1.29 is 9.47 Å². The summed E-state index contributed by atoms with van der Waals surface area (Å²) in [6.45, 7) is 3.79. The number of hydrogen-bond donors (Lipinski definition) is 1. The molecule has 2 fully saturated rings. The van der Waals surface area contributed by atoms with Crippen molar-refractivity contribution in [1.82, 2.24) is 0 Å². The van der Waals surface area contributed by atoms with Gasteiger partial charge in [0, 0.05) is 6.04 Å². The minimum absolute atomic E-state index is 0.249. The van der Waals surface area contributed by atoms with Crippen LogP contribution in [0.3, 0.4) is 0 Å². The molecule has 2 N–H and O–H groups in total. The average molecular weight is 213 g/mol. The zero-order chi connectivity index (χ0) is 10.7. The van der Waals surface area contributed by atoms with Gasteiger partial charge in [-0.15, -0.1) is 0 Å². The highest BCUT2D eigenvalue weighted by Crippen LogP contribution is 2.30. The molecule has 1 saturated heterocycles. The minimum Gasteiger partial charge on any atom is -0.376 e. The summed E-state index contributed by atoms with van der Waals surface area (Å²) < 4.78 is 11.1. The lowest BCUT2D eigenvalue weighted by atomic mass is 9.82. The summed E-state index contributed by atoms with van der Waals surface area (Å²) in [4.78, 5) is 0. The highest BCUT2D eigenvalue weighted by molar-refractivity contribution is 4.85. The van der Waals surface area contributed by atoms with Crippen molar-refractivity contribution in [2.45, 2.75) is 57.3 Å². The van der Waals surface area contributed by atoms with Crippen LogP contribution in [-0.2, 0) is 9.47 Å². The SMILES string of the molecule is CCCC1CCC(N)C(OC2COC2)C1. The molecule has 1 saturated carbocycles. The Balaban J connectivity index is 1.78. The predicted molar refractivity (Wildman–Crippen MR) is 59.7 cm³/mol. The van der Waals surface area contributed by atoms with Gasteiger partial charge in [0.15, 0.2) is 0 Å². The van der Waals surface area contributed by atoms with Gasteiger partial charge in [-0.1, -0.05) is 19.8 Å². The van der Waals surface area contributed by atoms with Gasteiger partial charge in [0.1, 0.15) is 6.10 Å². The average Bonchev–Trinajstić information content (AvgIpc) is 2.16. The van der Waals surface area contributed by atoms with E-state index >= 15 is 0 Å². The Bertz CT molecular complexity index is 194. The predicted octanol–water partition coefficient (Wildman–Crippen LogP) is 1.70. The van der Waals surface area contributed by atoms with Gasteiger partial charge < -0.3 is 15.2 Å². The summed E-state index contributed by atoms with van der Waals surface area (Å²) >= 11 is 0. The molecule has 0 aromatic rings. The zero-order valence-corrected chi connectivity index (χ0v) is 9.65. The molecule has 3 atom stereocenters. The minimum atomic E-state index is 0.249. The lowest BCUT2D eigenvalue weighted by Crippen LogP contribution is -2.48. The van der Waals surface area contributed by atoms with E-state index in [1.165, 1.54) is 19.3 Å². The van der Waals surface area contributed by atoms with Crippen molar-refractivity contribution in [2.24, 2.45) is 11.7 Å². The van der Waals surface area contributed by atoms with E-state index in [0.29, 0.717) is 6.10 Å². The first-order valence-corrected chi connectivity index (χ1v) is 6.28. The third-order valence-electron chi connectivity index (χ3n) is 3.62. The molecule has 3 nitrogen and oxygen atoms in total. The number of rotatable bonds is 4. The standard InChI is InChI=1S/C12H23NO2/c1-2-3-9-4-5-11(13)12(6-9)15-10-7-14-8-10/h9-12H,2-8,13H2,1H3. The first-order valence-electron chi connectivity index (χ1n) is 6.28. The van der Waals surface area contributed by atoms with Crippen molar-refractivity contribution in [3.05, 3.63) is 0 Å². The van der Waals surface area contributed by atoms with Crippen molar-refractivity contribution in [1.29, 1.82) is 0 Å². The number of ether oxygens (including phenoxy) is 2. The van der Waals surface area contributed by atoms with Crippen molar-refractivity contribution >= 4 is 0 Å². The van der Waals surface area contributed by atoms with Gasteiger partial charge in [0.2, 0.25) is 0 Å². The van der Waals surface area contributed by atoms with Gasteiger partial charge in [0.25, 0.3) is 0 Å². The molecule has 3 unspecified atom stereocenters. The van der Waals surface area contributed by atoms with Crippen molar-refractivity contribution in [2.75, 3.05) is 13.2 Å². The first kappa shape index (κ1) is 11.4. The smallest absolute Gasteiger partial charge is 0.105 e. The van der Waals surface area contributed by atoms with E-state index in [9.17, 15) is 0 Å². The maximum absolute atomic E-state index is 6.10. The molecule has 15 heavy (non-hydrogen) atoms. The Morgan fingerprint density at radius 2 is 2.13 bits per heavy atom. The normalized spacial score (nSPS) is 37.6. The third kappa shape index (κ3) is 2.92. The fraction of sp³-hybridized carbons (Fsp3) is 1.00. The molecule has 0 bridgehead atoms. The van der Waals surface area contributed by atoms with E-state index in [-0.39, 0.29) is 12.1 Å². The van der Waals surface area contributed by atoms with Crippen LogP contribution in [0.25, 0.3) is 0 Å². The van der Waals surface area contributed by atoms with Crippen LogP contribution >= 0.6 is 0 Å². The maximum Gasteiger partial charge on any atom is 0.105 e. The summed E-state index contributed by atoms with van der Waals surface area (Å²) in [5.41, 5.74) is 6.10. The maximum atomic E-state index is 6.10. The van der Waals surface area contributed by atoms with Crippen LogP contribution in [0.4, 0.5) is 0 Å². The number of nitrogens with two attached hydrogens (primary N) is 1. The fourth-order valence-electron chi connectivity index (χ4n) is 2.60. The van der Waals surface area contributed by atoms with Gasteiger partial charge in [-0.3, -0.25) is 0 Å². The molecule has 2 rings (SSSR count). The second-order valence-electron chi connectivity index (χ2n) is 4.97. The lowest BCUT2D eigenvalue weighted by Gasteiger charge is -2.38. The summed E-state index contributed by atoms with van der Waals surface area (Å²) in [5, 5.41) is 0. The Morgan fingerprint density at radius 3 is 2.73 bits per heavy atom. The monoisotopic (exact) mass is 213 g/mol. The molecule has 1 aliphatic carbocycles. The van der Waals surface area contributed by atoms with Gasteiger partial charge in [-0.25, -0.2) is 0 Å². The van der Waals surface area contributed by atoms with Gasteiger partial charge >= 0.3 is 0 Å². The Kier molecular flexibility index (Phi) is 4.00. The molecule has 0 aromatic carbocycles. The zero-order valence-electron chi connectivity index (χ0n) is 9.65. The molecule has 3 heteroatoms. The molecule has 1 heterocycles. The lowest BCUT2D eigenvalue weighted by molar-refractivity contribution is -0.166. The topological polar surface area (TPSA) is 44.5 Å². The van der Waals surface area contributed by atoms with Gasteiger partial charge in [-0.2, -0.15) is 0 Å². The van der Waals surface area contributed by atoms with Gasteiger partial charge in [0.05, 0.1) is 19.3 Å². The highest BCUT2D eigenvalue weighted by Gasteiger charge is 2.32. The summed E-state index contributed by atoms with van der Waals surface area (Å²) in [6, 6.07) is 0.249.